The van der Waals surface area contributed by atoms with Crippen LogP contribution in [-0.4, -0.2) is 86.3 Å². The number of fused-ring (bicyclic) bond motifs is 2. The molecule has 58 heavy (non-hydrogen) atoms. The molecular formula is C45H47NO12. The molecule has 1 saturated heterocycles. The van der Waals surface area contributed by atoms with Gasteiger partial charge in [-0.05, 0) is 121 Å². The zero-order chi connectivity index (χ0) is 41.4. The minimum atomic E-state index is -1.67. The number of carbonyl (C=O) groups excluding carboxylic acids is 6. The fraction of sp³-hybridized carbons (Fsp3) is 0.333. The van der Waals surface area contributed by atoms with E-state index in [1.54, 1.807) is 60.7 Å². The number of benzene rings is 4. The number of hydrogen-bond donors (Lipinski definition) is 0. The van der Waals surface area contributed by atoms with Crippen molar-refractivity contribution >= 4 is 57.2 Å². The monoisotopic (exact) mass is 793 g/mol. The van der Waals surface area contributed by atoms with E-state index in [4.69, 9.17) is 28.4 Å². The van der Waals surface area contributed by atoms with Crippen LogP contribution in [-0.2, 0) is 38.1 Å². The Morgan fingerprint density at radius 1 is 0.534 bits per heavy atom. The Bertz CT molecular complexity index is 2010. The third-order valence-corrected chi connectivity index (χ3v) is 9.42. The molecule has 2 unspecified atom stereocenters. The lowest BCUT2D eigenvalue weighted by molar-refractivity contribution is -0.140. The SMILES string of the molecule is C=CC(=O)OCCCCCCOc1ccc2cc(C(=O)OC3C(=O)N(C)C(=O)C3OC(=O)c3ccc4cc(OCCCCCCOC(=O)C=C)ccc4c3)ccc2c1. The Kier molecular flexibility index (Phi) is 15.5. The molecule has 13 heteroatoms. The molecule has 13 nitrogen and oxygen atoms in total. The summed E-state index contributed by atoms with van der Waals surface area (Å²) in [5, 5.41) is 3.06. The molecule has 1 heterocycles. The van der Waals surface area contributed by atoms with Crippen LogP contribution in [0.25, 0.3) is 21.5 Å². The molecule has 2 amide bonds. The van der Waals surface area contributed by atoms with E-state index >= 15 is 0 Å². The van der Waals surface area contributed by atoms with E-state index in [9.17, 15) is 28.8 Å². The molecule has 0 aliphatic carbocycles. The molecule has 0 bridgehead atoms. The summed E-state index contributed by atoms with van der Waals surface area (Å²) < 4.78 is 32.8. The smallest absolute Gasteiger partial charge is 0.339 e. The van der Waals surface area contributed by atoms with Crippen molar-refractivity contribution in [3.05, 3.63) is 109 Å². The summed E-state index contributed by atoms with van der Waals surface area (Å²) in [6.07, 6.45) is 5.77. The van der Waals surface area contributed by atoms with Crippen molar-refractivity contribution < 1.29 is 57.2 Å². The molecule has 4 aromatic carbocycles. The van der Waals surface area contributed by atoms with Gasteiger partial charge < -0.3 is 28.4 Å². The lowest BCUT2D eigenvalue weighted by atomic mass is 10.1. The number of esters is 4. The van der Waals surface area contributed by atoms with Gasteiger partial charge in [-0.15, -0.1) is 0 Å². The van der Waals surface area contributed by atoms with Crippen LogP contribution in [0.3, 0.4) is 0 Å². The summed E-state index contributed by atoms with van der Waals surface area (Å²) >= 11 is 0. The molecule has 1 aliphatic heterocycles. The highest BCUT2D eigenvalue weighted by atomic mass is 16.6. The average Bonchev–Trinajstić information content (AvgIpc) is 3.43. The number of unbranched alkanes of at least 4 members (excludes halogenated alkanes) is 6. The highest BCUT2D eigenvalue weighted by molar-refractivity contribution is 6.10. The molecule has 4 aromatic rings. The van der Waals surface area contributed by atoms with E-state index in [2.05, 4.69) is 13.2 Å². The Hall–Kier alpha value is -6.50. The standard InChI is InChI=1S/C45H47NO12/c1-4-38(47)55-24-12-8-6-10-22-53-36-20-18-30-26-34(16-14-32(30)28-36)44(51)57-40-41(43(50)46(3)42(40)49)58-45(52)35-17-15-33-29-37(21-19-31(33)27-35)54-23-11-7-9-13-25-56-39(48)5-2/h4-5,14-21,26-29,40-41H,1-2,6-13,22-25H2,3H3. The number of hydrogen-bond acceptors (Lipinski definition) is 12. The molecule has 0 radical (unpaired) electrons. The van der Waals surface area contributed by atoms with E-state index in [0.29, 0.717) is 37.9 Å². The minimum absolute atomic E-state index is 0.140. The first-order valence-electron chi connectivity index (χ1n) is 19.2. The predicted molar refractivity (Wildman–Crippen MR) is 214 cm³/mol. The van der Waals surface area contributed by atoms with Gasteiger partial charge in [0.2, 0.25) is 12.2 Å². The molecule has 304 valence electrons. The predicted octanol–water partition coefficient (Wildman–Crippen LogP) is 7.08. The maximum Gasteiger partial charge on any atom is 0.339 e. The number of ether oxygens (including phenoxy) is 6. The summed E-state index contributed by atoms with van der Waals surface area (Å²) in [5.74, 6) is -2.86. The van der Waals surface area contributed by atoms with Crippen LogP contribution in [0.15, 0.2) is 98.1 Å². The number of amides is 2. The van der Waals surface area contributed by atoms with Crippen LogP contribution in [0.1, 0.15) is 72.1 Å². The number of likely N-dealkylation sites (tertiary alicyclic amines) is 1. The first kappa shape index (κ1) is 42.6. The number of nitrogens with zero attached hydrogens (tertiary/aromatic N) is 1. The fourth-order valence-corrected chi connectivity index (χ4v) is 6.18. The van der Waals surface area contributed by atoms with Gasteiger partial charge in [-0.3, -0.25) is 14.5 Å². The largest absolute Gasteiger partial charge is 0.494 e. The third-order valence-electron chi connectivity index (χ3n) is 9.42. The number of rotatable bonds is 22. The Labute approximate surface area is 336 Å². The zero-order valence-corrected chi connectivity index (χ0v) is 32.5. The molecule has 1 aliphatic rings. The maximum absolute atomic E-state index is 13.3. The van der Waals surface area contributed by atoms with Gasteiger partial charge in [-0.25, -0.2) is 19.2 Å². The molecular weight excluding hydrogens is 746 g/mol. The van der Waals surface area contributed by atoms with Crippen LogP contribution in [0.4, 0.5) is 0 Å². The third kappa shape index (κ3) is 11.8. The molecule has 5 rings (SSSR count). The highest BCUT2D eigenvalue weighted by Gasteiger charge is 2.51. The van der Waals surface area contributed by atoms with Gasteiger partial charge in [0.25, 0.3) is 11.8 Å². The van der Waals surface area contributed by atoms with Crippen molar-refractivity contribution in [3.63, 3.8) is 0 Å². The van der Waals surface area contributed by atoms with Crippen LogP contribution >= 0.6 is 0 Å². The Morgan fingerprint density at radius 2 is 0.897 bits per heavy atom. The average molecular weight is 794 g/mol. The summed E-state index contributed by atoms with van der Waals surface area (Å²) in [6, 6.07) is 20.6. The first-order chi connectivity index (χ1) is 28.1. The Morgan fingerprint density at radius 3 is 1.29 bits per heavy atom. The van der Waals surface area contributed by atoms with Crippen molar-refractivity contribution in [1.29, 1.82) is 0 Å². The van der Waals surface area contributed by atoms with Crippen molar-refractivity contribution in [2.75, 3.05) is 33.5 Å². The molecule has 2 atom stereocenters. The summed E-state index contributed by atoms with van der Waals surface area (Å²) in [5.41, 5.74) is 0.280. The number of imide groups is 1. The zero-order valence-electron chi connectivity index (χ0n) is 32.5. The molecule has 0 aromatic heterocycles. The van der Waals surface area contributed by atoms with E-state index in [1.165, 1.54) is 7.05 Å². The first-order valence-corrected chi connectivity index (χ1v) is 19.2. The van der Waals surface area contributed by atoms with Gasteiger partial charge in [0.05, 0.1) is 37.6 Å². The summed E-state index contributed by atoms with van der Waals surface area (Å²) in [6.45, 7) is 8.48. The maximum atomic E-state index is 13.3. The fourth-order valence-electron chi connectivity index (χ4n) is 6.18. The van der Waals surface area contributed by atoms with Gasteiger partial charge in [0.15, 0.2) is 0 Å². The second-order valence-electron chi connectivity index (χ2n) is 13.6. The van der Waals surface area contributed by atoms with Crippen LogP contribution < -0.4 is 9.47 Å². The van der Waals surface area contributed by atoms with E-state index < -0.39 is 47.9 Å². The van der Waals surface area contributed by atoms with Gasteiger partial charge in [-0.1, -0.05) is 37.4 Å². The highest BCUT2D eigenvalue weighted by Crippen LogP contribution is 2.27. The molecule has 0 spiro atoms. The number of likely N-dealkylation sites (N-methyl/N-ethyl adjacent to an activating group) is 1. The van der Waals surface area contributed by atoms with Crippen LogP contribution in [0, 0.1) is 0 Å². The van der Waals surface area contributed by atoms with Crippen molar-refractivity contribution in [1.82, 2.24) is 4.90 Å². The quantitative estimate of drug-likeness (QED) is 0.0262. The lowest BCUT2D eigenvalue weighted by Crippen LogP contribution is -2.37. The summed E-state index contributed by atoms with van der Waals surface area (Å²) in [7, 11) is 1.23. The van der Waals surface area contributed by atoms with E-state index in [1.807, 2.05) is 12.1 Å². The van der Waals surface area contributed by atoms with Gasteiger partial charge in [-0.2, -0.15) is 0 Å². The lowest BCUT2D eigenvalue weighted by Gasteiger charge is -2.17. The Balaban J connectivity index is 1.11. The number of carbonyl (C=O) groups is 6. The van der Waals surface area contributed by atoms with Crippen LogP contribution in [0.2, 0.25) is 0 Å². The topological polar surface area (TPSA) is 161 Å². The molecule has 0 saturated carbocycles. The minimum Gasteiger partial charge on any atom is -0.494 e. The van der Waals surface area contributed by atoms with Crippen molar-refractivity contribution in [2.45, 2.75) is 63.6 Å². The normalized spacial score (nSPS) is 14.9. The van der Waals surface area contributed by atoms with E-state index in [0.717, 1.165) is 90.0 Å². The second-order valence-corrected chi connectivity index (χ2v) is 13.6. The van der Waals surface area contributed by atoms with Gasteiger partial charge in [0.1, 0.15) is 11.5 Å². The van der Waals surface area contributed by atoms with Gasteiger partial charge in [0, 0.05) is 19.2 Å². The molecule has 0 N–H and O–H groups in total. The van der Waals surface area contributed by atoms with Crippen molar-refractivity contribution in [2.24, 2.45) is 0 Å². The van der Waals surface area contributed by atoms with E-state index in [-0.39, 0.29) is 11.1 Å². The second kappa shape index (κ2) is 21.1. The molecule has 1 fully saturated rings. The van der Waals surface area contributed by atoms with Gasteiger partial charge >= 0.3 is 23.9 Å². The summed E-state index contributed by atoms with van der Waals surface area (Å²) in [4.78, 5) is 75.6. The van der Waals surface area contributed by atoms with Crippen molar-refractivity contribution in [3.8, 4) is 11.5 Å². The van der Waals surface area contributed by atoms with Crippen LogP contribution in [0.5, 0.6) is 11.5 Å².